The first-order valence-electron chi connectivity index (χ1n) is 12.2. The third-order valence-corrected chi connectivity index (χ3v) is 7.35. The molecule has 4 nitrogen and oxygen atoms in total. The van der Waals surface area contributed by atoms with Crippen LogP contribution in [-0.4, -0.2) is 28.8 Å². The molecule has 3 aromatic rings. The van der Waals surface area contributed by atoms with Gasteiger partial charge in [-0.3, -0.25) is 9.59 Å². The molecular weight excluding hydrogens is 498 g/mol. The summed E-state index contributed by atoms with van der Waals surface area (Å²) in [5, 5.41) is 3.90. The minimum Gasteiger partial charge on any atom is -0.352 e. The molecule has 36 heavy (non-hydrogen) atoms. The van der Waals surface area contributed by atoms with E-state index in [0.29, 0.717) is 27.6 Å². The van der Waals surface area contributed by atoms with Gasteiger partial charge in [0.1, 0.15) is 11.9 Å². The summed E-state index contributed by atoms with van der Waals surface area (Å²) in [6.45, 7) is -0.0254. The lowest BCUT2D eigenvalue weighted by Gasteiger charge is -2.32. The SMILES string of the molecule is O=C(NC1CCCC1)[C@@H](Cc1ccccc1)N(Cc1ccccc1F)C(=O)Cc1ccc(Cl)c(Cl)c1. The average Bonchev–Trinajstić information content (AvgIpc) is 3.38. The zero-order chi connectivity index (χ0) is 25.5. The molecule has 1 aliphatic rings. The van der Waals surface area contributed by atoms with Gasteiger partial charge >= 0.3 is 0 Å². The van der Waals surface area contributed by atoms with Crippen LogP contribution in [0.4, 0.5) is 4.39 Å². The van der Waals surface area contributed by atoms with Crippen molar-refractivity contribution in [2.45, 2.75) is 57.2 Å². The van der Waals surface area contributed by atoms with Crippen molar-refractivity contribution < 1.29 is 14.0 Å². The van der Waals surface area contributed by atoms with Gasteiger partial charge in [0.05, 0.1) is 16.5 Å². The lowest BCUT2D eigenvalue weighted by molar-refractivity contribution is -0.141. The Kier molecular flexibility index (Phi) is 9.00. The summed E-state index contributed by atoms with van der Waals surface area (Å²) in [6.07, 6.45) is 4.32. The first-order valence-corrected chi connectivity index (χ1v) is 13.0. The Morgan fingerprint density at radius 1 is 0.917 bits per heavy atom. The first kappa shape index (κ1) is 26.2. The number of halogens is 3. The number of amides is 2. The predicted molar refractivity (Wildman–Crippen MR) is 141 cm³/mol. The van der Waals surface area contributed by atoms with E-state index in [-0.39, 0.29) is 30.8 Å². The fourth-order valence-electron chi connectivity index (χ4n) is 4.66. The highest BCUT2D eigenvalue weighted by atomic mass is 35.5. The lowest BCUT2D eigenvalue weighted by atomic mass is 10.0. The molecule has 0 bridgehead atoms. The van der Waals surface area contributed by atoms with E-state index in [4.69, 9.17) is 23.2 Å². The maximum absolute atomic E-state index is 14.7. The Bertz CT molecular complexity index is 1200. The molecule has 0 aliphatic heterocycles. The van der Waals surface area contributed by atoms with E-state index in [2.05, 4.69) is 5.32 Å². The maximum atomic E-state index is 14.7. The van der Waals surface area contributed by atoms with E-state index in [0.717, 1.165) is 31.2 Å². The van der Waals surface area contributed by atoms with Gasteiger partial charge in [-0.2, -0.15) is 0 Å². The number of carbonyl (C=O) groups is 2. The Morgan fingerprint density at radius 3 is 2.31 bits per heavy atom. The van der Waals surface area contributed by atoms with Crippen LogP contribution in [-0.2, 0) is 29.0 Å². The van der Waals surface area contributed by atoms with Crippen LogP contribution in [0, 0.1) is 5.82 Å². The number of benzene rings is 3. The molecule has 0 spiro atoms. The van der Waals surface area contributed by atoms with Crippen LogP contribution in [0.3, 0.4) is 0 Å². The van der Waals surface area contributed by atoms with Crippen molar-refractivity contribution in [1.29, 1.82) is 0 Å². The van der Waals surface area contributed by atoms with E-state index in [1.54, 1.807) is 36.4 Å². The number of nitrogens with one attached hydrogen (secondary N) is 1. The second kappa shape index (κ2) is 12.4. The molecule has 3 aromatic carbocycles. The van der Waals surface area contributed by atoms with Crippen LogP contribution in [0.2, 0.25) is 10.0 Å². The summed E-state index contributed by atoms with van der Waals surface area (Å²) in [6, 6.07) is 20.2. The summed E-state index contributed by atoms with van der Waals surface area (Å²) < 4.78 is 14.7. The van der Waals surface area contributed by atoms with Crippen LogP contribution >= 0.6 is 23.2 Å². The van der Waals surface area contributed by atoms with Gasteiger partial charge in [-0.15, -0.1) is 0 Å². The van der Waals surface area contributed by atoms with Gasteiger partial charge < -0.3 is 10.2 Å². The molecule has 1 N–H and O–H groups in total. The molecule has 1 aliphatic carbocycles. The van der Waals surface area contributed by atoms with Crippen LogP contribution in [0.15, 0.2) is 72.8 Å². The highest BCUT2D eigenvalue weighted by Gasteiger charge is 2.32. The molecule has 1 fully saturated rings. The predicted octanol–water partition coefficient (Wildman–Crippen LogP) is 6.37. The summed E-state index contributed by atoms with van der Waals surface area (Å²) in [5.41, 5.74) is 1.94. The van der Waals surface area contributed by atoms with Gasteiger partial charge in [-0.25, -0.2) is 4.39 Å². The van der Waals surface area contributed by atoms with Crippen LogP contribution in [0.25, 0.3) is 0 Å². The monoisotopic (exact) mass is 526 g/mol. The highest BCUT2D eigenvalue weighted by Crippen LogP contribution is 2.25. The van der Waals surface area contributed by atoms with Crippen molar-refractivity contribution >= 4 is 35.0 Å². The Balaban J connectivity index is 1.67. The van der Waals surface area contributed by atoms with Crippen molar-refractivity contribution in [3.05, 3.63) is 105 Å². The second-order valence-electron chi connectivity index (χ2n) is 9.23. The van der Waals surface area contributed by atoms with Gasteiger partial charge in [0.2, 0.25) is 11.8 Å². The maximum Gasteiger partial charge on any atom is 0.243 e. The van der Waals surface area contributed by atoms with Crippen molar-refractivity contribution in [3.8, 4) is 0 Å². The quantitative estimate of drug-likeness (QED) is 0.352. The van der Waals surface area contributed by atoms with E-state index in [1.807, 2.05) is 30.3 Å². The van der Waals surface area contributed by atoms with E-state index in [9.17, 15) is 14.0 Å². The molecule has 0 radical (unpaired) electrons. The van der Waals surface area contributed by atoms with Gasteiger partial charge in [0.15, 0.2) is 0 Å². The van der Waals surface area contributed by atoms with E-state index in [1.165, 1.54) is 11.0 Å². The summed E-state index contributed by atoms with van der Waals surface area (Å²) in [5.74, 6) is -0.928. The van der Waals surface area contributed by atoms with E-state index >= 15 is 0 Å². The molecule has 0 saturated heterocycles. The molecule has 7 heteroatoms. The lowest BCUT2D eigenvalue weighted by Crippen LogP contribution is -2.52. The summed E-state index contributed by atoms with van der Waals surface area (Å²) >= 11 is 12.2. The van der Waals surface area contributed by atoms with E-state index < -0.39 is 11.9 Å². The smallest absolute Gasteiger partial charge is 0.243 e. The van der Waals surface area contributed by atoms with Crippen LogP contribution in [0.5, 0.6) is 0 Å². The highest BCUT2D eigenvalue weighted by molar-refractivity contribution is 6.42. The van der Waals surface area contributed by atoms with Crippen molar-refractivity contribution in [1.82, 2.24) is 10.2 Å². The summed E-state index contributed by atoms with van der Waals surface area (Å²) in [4.78, 5) is 28.9. The zero-order valence-corrected chi connectivity index (χ0v) is 21.4. The summed E-state index contributed by atoms with van der Waals surface area (Å²) in [7, 11) is 0. The number of rotatable bonds is 9. The topological polar surface area (TPSA) is 49.4 Å². The van der Waals surface area contributed by atoms with Gasteiger partial charge in [0, 0.05) is 24.6 Å². The molecule has 1 saturated carbocycles. The molecule has 2 amide bonds. The minimum absolute atomic E-state index is 0.00728. The number of nitrogens with zero attached hydrogens (tertiary/aromatic N) is 1. The van der Waals surface area contributed by atoms with Gasteiger partial charge in [0.25, 0.3) is 0 Å². The van der Waals surface area contributed by atoms with Gasteiger partial charge in [-0.1, -0.05) is 90.6 Å². The second-order valence-corrected chi connectivity index (χ2v) is 10.0. The minimum atomic E-state index is -0.803. The van der Waals surface area contributed by atoms with Crippen molar-refractivity contribution in [2.75, 3.05) is 0 Å². The molecule has 0 heterocycles. The Morgan fingerprint density at radius 2 is 1.61 bits per heavy atom. The fourth-order valence-corrected chi connectivity index (χ4v) is 4.98. The third-order valence-electron chi connectivity index (χ3n) is 6.61. The number of hydrogen-bond donors (Lipinski definition) is 1. The normalized spacial score (nSPS) is 14.4. The average molecular weight is 527 g/mol. The van der Waals surface area contributed by atoms with Crippen LogP contribution < -0.4 is 5.32 Å². The molecule has 188 valence electrons. The Hall–Kier alpha value is -2.89. The number of hydrogen-bond acceptors (Lipinski definition) is 2. The van der Waals surface area contributed by atoms with Crippen LogP contribution in [0.1, 0.15) is 42.4 Å². The van der Waals surface area contributed by atoms with Gasteiger partial charge in [-0.05, 0) is 42.2 Å². The molecular formula is C29H29Cl2FN2O2. The standard InChI is InChI=1S/C29H29Cl2FN2O2/c30-24-15-14-21(16-25(24)31)18-28(35)34(19-22-10-4-7-13-26(22)32)27(17-20-8-2-1-3-9-20)29(36)33-23-11-5-6-12-23/h1-4,7-10,13-16,23,27H,5-6,11-12,17-19H2,(H,33,36)/t27-/m1/s1. The van der Waals surface area contributed by atoms with Crippen molar-refractivity contribution in [3.63, 3.8) is 0 Å². The third kappa shape index (κ3) is 6.86. The number of carbonyl (C=O) groups excluding carboxylic acids is 2. The molecule has 4 rings (SSSR count). The zero-order valence-electron chi connectivity index (χ0n) is 19.9. The first-order chi connectivity index (χ1) is 17.4. The van der Waals surface area contributed by atoms with Crippen molar-refractivity contribution in [2.24, 2.45) is 0 Å². The molecule has 1 atom stereocenters. The molecule has 0 aromatic heterocycles. The Labute approximate surface area is 221 Å². The molecule has 0 unspecified atom stereocenters. The fraction of sp³-hybridized carbons (Fsp3) is 0.310. The largest absolute Gasteiger partial charge is 0.352 e.